The van der Waals surface area contributed by atoms with Gasteiger partial charge in [-0.25, -0.2) is 4.98 Å². The second kappa shape index (κ2) is 5.30. The van der Waals surface area contributed by atoms with E-state index in [1.54, 1.807) is 12.3 Å². The molecule has 5 heteroatoms. The van der Waals surface area contributed by atoms with E-state index < -0.39 is 0 Å². The number of para-hydroxylation sites is 1. The fourth-order valence-electron chi connectivity index (χ4n) is 2.21. The van der Waals surface area contributed by atoms with E-state index >= 15 is 0 Å². The van der Waals surface area contributed by atoms with E-state index in [4.69, 9.17) is 10.5 Å². The number of nitrogens with zero attached hydrogens (tertiary/aromatic N) is 1. The molecule has 3 N–H and O–H groups in total. The molecule has 1 aliphatic rings. The van der Waals surface area contributed by atoms with E-state index in [0.29, 0.717) is 19.0 Å². The number of pyridine rings is 1. The highest BCUT2D eigenvalue weighted by atomic mass is 16.5. The average molecular weight is 269 g/mol. The lowest BCUT2D eigenvalue weighted by atomic mass is 10.0. The van der Waals surface area contributed by atoms with Crippen LogP contribution in [0.3, 0.4) is 0 Å². The summed E-state index contributed by atoms with van der Waals surface area (Å²) in [6.07, 6.45) is 1.66. The van der Waals surface area contributed by atoms with Crippen LogP contribution in [0.25, 0.3) is 0 Å². The van der Waals surface area contributed by atoms with Crippen LogP contribution < -0.4 is 15.8 Å². The molecule has 1 amide bonds. The number of hydrogen-bond acceptors (Lipinski definition) is 4. The second-order valence-corrected chi connectivity index (χ2v) is 4.65. The van der Waals surface area contributed by atoms with Crippen molar-refractivity contribution in [2.24, 2.45) is 5.73 Å². The van der Waals surface area contributed by atoms with Crippen LogP contribution in [0.5, 0.6) is 5.75 Å². The lowest BCUT2D eigenvalue weighted by Crippen LogP contribution is -2.22. The Morgan fingerprint density at radius 2 is 2.20 bits per heavy atom. The number of rotatable bonds is 3. The second-order valence-electron chi connectivity index (χ2n) is 4.65. The minimum absolute atomic E-state index is 0.108. The third kappa shape index (κ3) is 2.35. The molecule has 1 unspecified atom stereocenters. The quantitative estimate of drug-likeness (QED) is 0.888. The van der Waals surface area contributed by atoms with E-state index in [1.165, 1.54) is 0 Å². The standard InChI is InChI=1S/C15H15N3O2/c16-7-10-5-6-14(17-8-10)18-15(19)12-9-20-13-4-2-1-3-11(12)13/h1-6,8,12H,7,9,16H2,(H,17,18,19). The summed E-state index contributed by atoms with van der Waals surface area (Å²) in [6, 6.07) is 11.2. The summed E-state index contributed by atoms with van der Waals surface area (Å²) in [4.78, 5) is 16.4. The van der Waals surface area contributed by atoms with E-state index in [0.717, 1.165) is 16.9 Å². The molecule has 0 aliphatic carbocycles. The molecule has 2 heterocycles. The van der Waals surface area contributed by atoms with Crippen LogP contribution in [0.2, 0.25) is 0 Å². The van der Waals surface area contributed by atoms with Gasteiger partial charge in [-0.05, 0) is 17.7 Å². The maximum atomic E-state index is 12.3. The number of aromatic nitrogens is 1. The van der Waals surface area contributed by atoms with Crippen molar-refractivity contribution < 1.29 is 9.53 Å². The molecule has 0 saturated heterocycles. The van der Waals surface area contributed by atoms with Gasteiger partial charge in [-0.1, -0.05) is 24.3 Å². The Labute approximate surface area is 116 Å². The van der Waals surface area contributed by atoms with Crippen LogP contribution in [0.1, 0.15) is 17.0 Å². The number of ether oxygens (including phenoxy) is 1. The normalized spacial score (nSPS) is 16.4. The molecule has 5 nitrogen and oxygen atoms in total. The third-order valence-electron chi connectivity index (χ3n) is 3.33. The van der Waals surface area contributed by atoms with Crippen molar-refractivity contribution in [3.8, 4) is 5.75 Å². The number of nitrogens with two attached hydrogens (primary N) is 1. The first kappa shape index (κ1) is 12.6. The Hall–Kier alpha value is -2.40. The fraction of sp³-hybridized carbons (Fsp3) is 0.200. The Balaban J connectivity index is 1.74. The van der Waals surface area contributed by atoms with Gasteiger partial charge >= 0.3 is 0 Å². The largest absolute Gasteiger partial charge is 0.492 e. The van der Waals surface area contributed by atoms with Crippen LogP contribution in [-0.4, -0.2) is 17.5 Å². The third-order valence-corrected chi connectivity index (χ3v) is 3.33. The fourth-order valence-corrected chi connectivity index (χ4v) is 2.21. The summed E-state index contributed by atoms with van der Waals surface area (Å²) in [5.41, 5.74) is 7.36. The van der Waals surface area contributed by atoms with Gasteiger partial charge in [0.05, 0.1) is 0 Å². The van der Waals surface area contributed by atoms with Gasteiger partial charge in [0.15, 0.2) is 0 Å². The maximum Gasteiger partial charge on any atom is 0.236 e. The van der Waals surface area contributed by atoms with Crippen molar-refractivity contribution in [2.45, 2.75) is 12.5 Å². The minimum atomic E-state index is -0.290. The van der Waals surface area contributed by atoms with E-state index in [-0.39, 0.29) is 11.8 Å². The predicted octanol–water partition coefficient (Wildman–Crippen LogP) is 1.65. The topological polar surface area (TPSA) is 77.2 Å². The van der Waals surface area contributed by atoms with Crippen molar-refractivity contribution in [3.63, 3.8) is 0 Å². The Bertz CT molecular complexity index is 625. The number of amides is 1. The van der Waals surface area contributed by atoms with Gasteiger partial charge in [0.1, 0.15) is 24.1 Å². The maximum absolute atomic E-state index is 12.3. The van der Waals surface area contributed by atoms with Crippen molar-refractivity contribution in [1.82, 2.24) is 4.98 Å². The molecule has 1 aromatic heterocycles. The zero-order chi connectivity index (χ0) is 13.9. The minimum Gasteiger partial charge on any atom is -0.492 e. The molecule has 0 saturated carbocycles. The van der Waals surface area contributed by atoms with Gasteiger partial charge in [0, 0.05) is 18.3 Å². The Morgan fingerprint density at radius 1 is 1.35 bits per heavy atom. The Morgan fingerprint density at radius 3 is 2.95 bits per heavy atom. The van der Waals surface area contributed by atoms with Gasteiger partial charge in [0.2, 0.25) is 5.91 Å². The summed E-state index contributed by atoms with van der Waals surface area (Å²) < 4.78 is 5.51. The first-order valence-corrected chi connectivity index (χ1v) is 6.45. The number of fused-ring (bicyclic) bond motifs is 1. The first-order chi connectivity index (χ1) is 9.78. The molecular formula is C15H15N3O2. The molecule has 1 aromatic carbocycles. The molecule has 102 valence electrons. The zero-order valence-corrected chi connectivity index (χ0v) is 10.9. The van der Waals surface area contributed by atoms with E-state index in [1.807, 2.05) is 30.3 Å². The molecule has 0 bridgehead atoms. The summed E-state index contributed by atoms with van der Waals surface area (Å²) >= 11 is 0. The first-order valence-electron chi connectivity index (χ1n) is 6.45. The summed E-state index contributed by atoms with van der Waals surface area (Å²) in [5.74, 6) is 0.904. The lowest BCUT2D eigenvalue weighted by molar-refractivity contribution is -0.117. The predicted molar refractivity (Wildman–Crippen MR) is 75.4 cm³/mol. The van der Waals surface area contributed by atoms with Crippen LogP contribution in [-0.2, 0) is 11.3 Å². The number of carbonyl (C=O) groups excluding carboxylic acids is 1. The molecular weight excluding hydrogens is 254 g/mol. The van der Waals surface area contributed by atoms with Gasteiger partial charge in [-0.15, -0.1) is 0 Å². The van der Waals surface area contributed by atoms with Crippen LogP contribution in [0.4, 0.5) is 5.82 Å². The van der Waals surface area contributed by atoms with Crippen molar-refractivity contribution in [2.75, 3.05) is 11.9 Å². The van der Waals surface area contributed by atoms with Crippen molar-refractivity contribution >= 4 is 11.7 Å². The molecule has 1 atom stereocenters. The van der Waals surface area contributed by atoms with Crippen molar-refractivity contribution in [1.29, 1.82) is 0 Å². The summed E-state index contributed by atoms with van der Waals surface area (Å²) in [6.45, 7) is 0.803. The number of carbonyl (C=O) groups is 1. The van der Waals surface area contributed by atoms with Gasteiger partial charge in [0.25, 0.3) is 0 Å². The van der Waals surface area contributed by atoms with Crippen LogP contribution in [0.15, 0.2) is 42.6 Å². The highest BCUT2D eigenvalue weighted by Gasteiger charge is 2.30. The van der Waals surface area contributed by atoms with Crippen LogP contribution >= 0.6 is 0 Å². The summed E-state index contributed by atoms with van der Waals surface area (Å²) in [7, 11) is 0. The molecule has 20 heavy (non-hydrogen) atoms. The number of hydrogen-bond donors (Lipinski definition) is 2. The smallest absolute Gasteiger partial charge is 0.236 e. The van der Waals surface area contributed by atoms with Gasteiger partial charge in [-0.3, -0.25) is 4.79 Å². The number of nitrogens with one attached hydrogen (secondary N) is 1. The molecule has 0 spiro atoms. The van der Waals surface area contributed by atoms with Gasteiger partial charge < -0.3 is 15.8 Å². The highest BCUT2D eigenvalue weighted by molar-refractivity contribution is 5.96. The summed E-state index contributed by atoms with van der Waals surface area (Å²) in [5, 5.41) is 2.81. The zero-order valence-electron chi connectivity index (χ0n) is 10.9. The molecule has 2 aromatic rings. The number of anilines is 1. The van der Waals surface area contributed by atoms with E-state index in [2.05, 4.69) is 10.3 Å². The molecule has 0 radical (unpaired) electrons. The number of benzene rings is 1. The lowest BCUT2D eigenvalue weighted by Gasteiger charge is -2.09. The van der Waals surface area contributed by atoms with Crippen LogP contribution in [0, 0.1) is 0 Å². The molecule has 0 fully saturated rings. The average Bonchev–Trinajstić information content (AvgIpc) is 2.92. The Kier molecular flexibility index (Phi) is 3.35. The van der Waals surface area contributed by atoms with Crippen molar-refractivity contribution in [3.05, 3.63) is 53.7 Å². The SMILES string of the molecule is NCc1ccc(NC(=O)C2COc3ccccc32)nc1. The molecule has 3 rings (SSSR count). The van der Waals surface area contributed by atoms with Gasteiger partial charge in [-0.2, -0.15) is 0 Å². The van der Waals surface area contributed by atoms with E-state index in [9.17, 15) is 4.79 Å². The molecule has 1 aliphatic heterocycles. The highest BCUT2D eigenvalue weighted by Crippen LogP contribution is 2.33. The monoisotopic (exact) mass is 269 g/mol.